The van der Waals surface area contributed by atoms with Crippen molar-refractivity contribution in [2.24, 2.45) is 0 Å². The fourth-order valence-corrected chi connectivity index (χ4v) is 0.984. The van der Waals surface area contributed by atoms with E-state index in [-0.39, 0.29) is 11.2 Å². The molecule has 0 atom stereocenters. The van der Waals surface area contributed by atoms with Crippen molar-refractivity contribution in [3.8, 4) is 0 Å². The highest BCUT2D eigenvalue weighted by Crippen LogP contribution is 1.90. The molecular weight excluding hydrogens is 183 g/mol. The monoisotopic (exact) mass is 186 g/mol. The molecule has 2 rings (SSSR count). The third-order valence-corrected chi connectivity index (χ3v) is 1.53. The Morgan fingerprint density at radius 2 is 1.77 bits per heavy atom. The van der Waals surface area contributed by atoms with Crippen LogP contribution in [0, 0.1) is 0 Å². The minimum absolute atomic E-state index is 0.117. The van der Waals surface area contributed by atoms with Crippen molar-refractivity contribution >= 4 is 11.2 Å². The molecular formula is C5H3FN4O3. The summed E-state index contributed by atoms with van der Waals surface area (Å²) in [6.07, 6.45) is 0. The molecule has 68 valence electrons. The largest absolute Gasteiger partial charge is 0.358 e. The topological polar surface area (TPSA) is 104 Å². The van der Waals surface area contributed by atoms with Gasteiger partial charge in [0.15, 0.2) is 5.52 Å². The van der Waals surface area contributed by atoms with Crippen molar-refractivity contribution in [1.82, 2.24) is 19.7 Å². The maximum atomic E-state index is 12.6. The zero-order chi connectivity index (χ0) is 9.59. The molecule has 0 unspecified atom stereocenters. The van der Waals surface area contributed by atoms with E-state index in [0.717, 1.165) is 0 Å². The van der Waals surface area contributed by atoms with Crippen molar-refractivity contribution in [2.75, 3.05) is 0 Å². The number of nitrogens with zero attached hydrogens (tertiary/aromatic N) is 1. The number of nitrogens with one attached hydrogen (secondary N) is 3. The summed E-state index contributed by atoms with van der Waals surface area (Å²) >= 11 is 0. The van der Waals surface area contributed by atoms with E-state index in [4.69, 9.17) is 0 Å². The molecule has 0 saturated heterocycles. The average molecular weight is 186 g/mol. The molecule has 0 aliphatic carbocycles. The zero-order valence-electron chi connectivity index (χ0n) is 6.05. The highest BCUT2D eigenvalue weighted by Gasteiger charge is 2.08. The maximum Gasteiger partial charge on any atom is 0.358 e. The van der Waals surface area contributed by atoms with E-state index in [9.17, 15) is 18.9 Å². The second-order valence-corrected chi connectivity index (χ2v) is 2.35. The van der Waals surface area contributed by atoms with Gasteiger partial charge in [-0.15, -0.1) is 0 Å². The van der Waals surface area contributed by atoms with Crippen LogP contribution < -0.4 is 16.9 Å². The van der Waals surface area contributed by atoms with Crippen LogP contribution in [0.25, 0.3) is 11.2 Å². The van der Waals surface area contributed by atoms with Gasteiger partial charge in [-0.2, -0.15) is 0 Å². The Balaban J connectivity index is 3.19. The summed E-state index contributed by atoms with van der Waals surface area (Å²) in [5.41, 5.74) is -3.53. The number of H-pyrrole nitrogens is 3. The summed E-state index contributed by atoms with van der Waals surface area (Å²) in [7, 11) is 0. The molecule has 7 nitrogen and oxygen atoms in total. The van der Waals surface area contributed by atoms with Crippen molar-refractivity contribution in [1.29, 1.82) is 0 Å². The van der Waals surface area contributed by atoms with Gasteiger partial charge in [-0.3, -0.25) is 19.7 Å². The molecule has 13 heavy (non-hydrogen) atoms. The van der Waals surface area contributed by atoms with Gasteiger partial charge in [0.05, 0.1) is 0 Å². The Bertz CT molecular complexity index is 629. The maximum absolute atomic E-state index is 12.6. The Hall–Kier alpha value is -2.12. The first kappa shape index (κ1) is 7.53. The molecule has 2 aromatic rings. The molecule has 0 aliphatic rings. The van der Waals surface area contributed by atoms with E-state index in [0.29, 0.717) is 0 Å². The zero-order valence-corrected chi connectivity index (χ0v) is 6.05. The summed E-state index contributed by atoms with van der Waals surface area (Å²) in [5, 5.41) is 0. The number of imidazole rings is 1. The predicted molar refractivity (Wildman–Crippen MR) is 40.3 cm³/mol. The molecule has 0 spiro atoms. The molecule has 0 saturated carbocycles. The van der Waals surface area contributed by atoms with E-state index < -0.39 is 21.7 Å². The van der Waals surface area contributed by atoms with Crippen LogP contribution in [0.15, 0.2) is 14.4 Å². The van der Waals surface area contributed by atoms with E-state index >= 15 is 0 Å². The Kier molecular flexibility index (Phi) is 1.27. The second kappa shape index (κ2) is 2.19. The number of hydrogen-bond donors (Lipinski definition) is 3. The number of halogens is 1. The van der Waals surface area contributed by atoms with Gasteiger partial charge in [-0.25, -0.2) is 9.59 Å². The third kappa shape index (κ3) is 0.916. The van der Waals surface area contributed by atoms with Crippen LogP contribution in [0.1, 0.15) is 0 Å². The van der Waals surface area contributed by atoms with Gasteiger partial charge in [-0.1, -0.05) is 9.27 Å². The fourth-order valence-electron chi connectivity index (χ4n) is 0.984. The molecule has 2 aromatic heterocycles. The molecule has 3 N–H and O–H groups in total. The standard InChI is InChI=1S/C5H3FN4O3/c6-10-3(11)1-2(9-5(10)13)8-4(12)7-1/h(H,9,13)(H2,7,8,12). The Morgan fingerprint density at radius 3 is 2.46 bits per heavy atom. The van der Waals surface area contributed by atoms with Crippen molar-refractivity contribution in [3.63, 3.8) is 0 Å². The van der Waals surface area contributed by atoms with E-state index in [1.54, 1.807) is 0 Å². The highest BCUT2D eigenvalue weighted by molar-refractivity contribution is 5.67. The van der Waals surface area contributed by atoms with Crippen LogP contribution in [-0.4, -0.2) is 19.7 Å². The highest BCUT2D eigenvalue weighted by atomic mass is 19.2. The van der Waals surface area contributed by atoms with Gasteiger partial charge < -0.3 is 0 Å². The summed E-state index contributed by atoms with van der Waals surface area (Å²) in [5.74, 6) is 0. The number of fused-ring (bicyclic) bond motifs is 1. The molecule has 0 aliphatic heterocycles. The Labute approximate surface area is 67.8 Å². The minimum atomic E-state index is -1.23. The lowest BCUT2D eigenvalue weighted by Crippen LogP contribution is -2.29. The lowest BCUT2D eigenvalue weighted by molar-refractivity contribution is 0.333. The van der Waals surface area contributed by atoms with Crippen molar-refractivity contribution in [3.05, 3.63) is 31.3 Å². The minimum Gasteiger partial charge on any atom is -0.300 e. The molecule has 0 fully saturated rings. The van der Waals surface area contributed by atoms with Gasteiger partial charge in [0.25, 0.3) is 0 Å². The summed E-state index contributed by atoms with van der Waals surface area (Å²) < 4.78 is 12.6. The normalized spacial score (nSPS) is 10.8. The predicted octanol–water partition coefficient (Wildman–Crippen LogP) is -1.56. The molecule has 0 radical (unpaired) electrons. The van der Waals surface area contributed by atoms with Gasteiger partial charge in [0, 0.05) is 0 Å². The van der Waals surface area contributed by atoms with Crippen LogP contribution in [0.5, 0.6) is 0 Å². The van der Waals surface area contributed by atoms with Crippen molar-refractivity contribution < 1.29 is 4.48 Å². The first-order chi connectivity index (χ1) is 6.09. The van der Waals surface area contributed by atoms with E-state index in [1.807, 2.05) is 9.97 Å². The van der Waals surface area contributed by atoms with Gasteiger partial charge in [0.2, 0.25) is 0 Å². The SMILES string of the molecule is O=c1[nH]c2[nH]c(=O)n(F)c(=O)c2[nH]1. The third-order valence-electron chi connectivity index (χ3n) is 1.53. The number of rotatable bonds is 0. The number of aromatic nitrogens is 4. The fraction of sp³-hybridized carbons (Fsp3) is 0. The lowest BCUT2D eigenvalue weighted by Gasteiger charge is -1.89. The number of hydrogen-bond acceptors (Lipinski definition) is 3. The molecule has 0 aromatic carbocycles. The Morgan fingerprint density at radius 1 is 1.08 bits per heavy atom. The quantitative estimate of drug-likeness (QED) is 0.463. The van der Waals surface area contributed by atoms with Crippen LogP contribution in [0.4, 0.5) is 4.48 Å². The summed E-state index contributed by atoms with van der Waals surface area (Å²) in [4.78, 5) is 37.8. The second-order valence-electron chi connectivity index (χ2n) is 2.35. The van der Waals surface area contributed by atoms with Gasteiger partial charge in [-0.05, 0) is 0 Å². The molecule has 2 heterocycles. The van der Waals surface area contributed by atoms with Crippen LogP contribution in [0.2, 0.25) is 0 Å². The molecule has 0 bridgehead atoms. The van der Waals surface area contributed by atoms with Crippen LogP contribution in [-0.2, 0) is 0 Å². The van der Waals surface area contributed by atoms with Gasteiger partial charge >= 0.3 is 16.9 Å². The molecule has 8 heteroatoms. The summed E-state index contributed by atoms with van der Waals surface area (Å²) in [6, 6.07) is 0. The first-order valence-corrected chi connectivity index (χ1v) is 3.23. The van der Waals surface area contributed by atoms with Gasteiger partial charge in [0.1, 0.15) is 5.65 Å². The lowest BCUT2D eigenvalue weighted by atomic mass is 10.5. The van der Waals surface area contributed by atoms with Crippen LogP contribution in [0.3, 0.4) is 0 Å². The smallest absolute Gasteiger partial charge is 0.300 e. The average Bonchev–Trinajstić information content (AvgIpc) is 2.42. The molecule has 0 amide bonds. The van der Waals surface area contributed by atoms with E-state index in [1.165, 1.54) is 0 Å². The van der Waals surface area contributed by atoms with E-state index in [2.05, 4.69) is 4.98 Å². The van der Waals surface area contributed by atoms with Crippen LogP contribution >= 0.6 is 0 Å². The first-order valence-electron chi connectivity index (χ1n) is 3.23. The summed E-state index contributed by atoms with van der Waals surface area (Å²) in [6.45, 7) is 0. The van der Waals surface area contributed by atoms with Crippen molar-refractivity contribution in [2.45, 2.75) is 0 Å². The number of aromatic amines is 3.